The third-order valence-corrected chi connectivity index (χ3v) is 8.03. The maximum Gasteiger partial charge on any atom is 0.250 e. The van der Waals surface area contributed by atoms with Crippen LogP contribution in [0.15, 0.2) is 66.0 Å². The number of likely N-dealkylation sites (N-methyl/N-ethyl adjacent to an activating group) is 1. The molecule has 0 aliphatic carbocycles. The van der Waals surface area contributed by atoms with Crippen molar-refractivity contribution in [3.8, 4) is 5.75 Å². The van der Waals surface area contributed by atoms with Crippen molar-refractivity contribution >= 4 is 28.7 Å². The van der Waals surface area contributed by atoms with Crippen LogP contribution in [-0.2, 0) is 10.3 Å². The number of carbonyl (C=O) groups is 2. The molecule has 3 aromatic rings. The third kappa shape index (κ3) is 1.91. The second-order valence-corrected chi connectivity index (χ2v) is 9.22. The van der Waals surface area contributed by atoms with Crippen molar-refractivity contribution in [3.05, 3.63) is 82.0 Å². The minimum absolute atomic E-state index is 0.0149. The number of para-hydroxylation sites is 2. The van der Waals surface area contributed by atoms with Crippen LogP contribution in [0.2, 0.25) is 0 Å². The molecule has 5 nitrogen and oxygen atoms in total. The maximum absolute atomic E-state index is 14.3. The van der Waals surface area contributed by atoms with Gasteiger partial charge >= 0.3 is 0 Å². The van der Waals surface area contributed by atoms with Gasteiger partial charge in [0.25, 0.3) is 5.91 Å². The number of fused-ring (bicyclic) bond motifs is 4. The van der Waals surface area contributed by atoms with Crippen molar-refractivity contribution in [2.24, 2.45) is 5.41 Å². The van der Waals surface area contributed by atoms with E-state index < -0.39 is 11.0 Å². The Morgan fingerprint density at radius 1 is 1.07 bits per heavy atom. The molecule has 6 rings (SSSR count). The number of benzene rings is 2. The molecule has 0 bridgehead atoms. The first kappa shape index (κ1) is 17.9. The van der Waals surface area contributed by atoms with Crippen molar-refractivity contribution in [2.45, 2.75) is 11.5 Å². The number of thiophene rings is 1. The molecule has 3 aliphatic rings. The number of Topliss-reactive ketones (excluding diaryl/α,β-unsaturated/α-hetero) is 1. The summed E-state index contributed by atoms with van der Waals surface area (Å²) >= 11 is 1.63. The Morgan fingerprint density at radius 3 is 2.70 bits per heavy atom. The summed E-state index contributed by atoms with van der Waals surface area (Å²) in [7, 11) is 1.95. The van der Waals surface area contributed by atoms with Crippen molar-refractivity contribution in [1.82, 2.24) is 4.90 Å². The minimum Gasteiger partial charge on any atom is -0.492 e. The van der Waals surface area contributed by atoms with Gasteiger partial charge in [0.1, 0.15) is 23.3 Å². The fourth-order valence-corrected chi connectivity index (χ4v) is 6.76. The molecular formula is C24H20N2O3S. The van der Waals surface area contributed by atoms with Gasteiger partial charge in [0.15, 0.2) is 5.78 Å². The lowest BCUT2D eigenvalue weighted by Gasteiger charge is -2.47. The molecule has 1 amide bonds. The summed E-state index contributed by atoms with van der Waals surface area (Å²) in [5.41, 5.74) is -0.00203. The Bertz CT molecular complexity index is 1190. The number of nitrogens with one attached hydrogen (secondary N) is 1. The van der Waals surface area contributed by atoms with Gasteiger partial charge in [-0.3, -0.25) is 14.5 Å². The predicted molar refractivity (Wildman–Crippen MR) is 115 cm³/mol. The fourth-order valence-electron chi connectivity index (χ4n) is 5.85. The number of carbonyl (C=O) groups excluding carboxylic acids is 2. The number of anilines is 1. The van der Waals surface area contributed by atoms with Crippen molar-refractivity contribution < 1.29 is 14.3 Å². The lowest BCUT2D eigenvalue weighted by atomic mass is 9.58. The largest absolute Gasteiger partial charge is 0.492 e. The average Bonchev–Trinajstić information content (AvgIpc) is 3.45. The number of hydrogen-bond donors (Lipinski definition) is 1. The van der Waals surface area contributed by atoms with Crippen LogP contribution in [0.4, 0.5) is 5.69 Å². The standard InChI is InChI=1S/C24H20N2O3S/c1-26-13-17(20-11-6-12-30-20)23(14-29-19-10-5-2-7-15(19)21(23)27)24(26)16-8-3-4-9-18(16)25-22(24)28/h2-12,17H,13-14H2,1H3,(H,25,28)/t17-,23+,24+/m1/s1. The summed E-state index contributed by atoms with van der Waals surface area (Å²) in [5, 5.41) is 5.08. The highest BCUT2D eigenvalue weighted by Gasteiger charge is 2.75. The van der Waals surface area contributed by atoms with Gasteiger partial charge in [-0.05, 0) is 36.7 Å². The minimum atomic E-state index is -1.12. The first-order chi connectivity index (χ1) is 14.6. The van der Waals surface area contributed by atoms with Gasteiger partial charge in [0.05, 0.1) is 5.56 Å². The average molecular weight is 417 g/mol. The Morgan fingerprint density at radius 2 is 1.87 bits per heavy atom. The molecule has 2 aromatic carbocycles. The van der Waals surface area contributed by atoms with Gasteiger partial charge < -0.3 is 10.1 Å². The quantitative estimate of drug-likeness (QED) is 0.654. The molecule has 30 heavy (non-hydrogen) atoms. The number of ketones is 1. The third-order valence-electron chi connectivity index (χ3n) is 7.04. The van der Waals surface area contributed by atoms with E-state index in [1.165, 1.54) is 0 Å². The van der Waals surface area contributed by atoms with E-state index in [1.807, 2.05) is 67.0 Å². The first-order valence-electron chi connectivity index (χ1n) is 10.0. The van der Waals surface area contributed by atoms with Gasteiger partial charge in [-0.15, -0.1) is 11.3 Å². The Balaban J connectivity index is 1.68. The van der Waals surface area contributed by atoms with Crippen LogP contribution in [-0.4, -0.2) is 36.8 Å². The summed E-state index contributed by atoms with van der Waals surface area (Å²) in [5.74, 6) is 0.273. The maximum atomic E-state index is 14.3. The van der Waals surface area contributed by atoms with E-state index >= 15 is 0 Å². The van der Waals surface area contributed by atoms with Crippen LogP contribution >= 0.6 is 11.3 Å². The Hall–Kier alpha value is -2.96. The van der Waals surface area contributed by atoms with Crippen molar-refractivity contribution in [2.75, 3.05) is 25.5 Å². The molecule has 4 heterocycles. The second kappa shape index (κ2) is 6.03. The lowest BCUT2D eigenvalue weighted by molar-refractivity contribution is -0.131. The molecule has 6 heteroatoms. The second-order valence-electron chi connectivity index (χ2n) is 8.24. The van der Waals surface area contributed by atoms with Crippen LogP contribution in [0.5, 0.6) is 5.75 Å². The summed E-state index contributed by atoms with van der Waals surface area (Å²) < 4.78 is 6.24. The molecule has 1 N–H and O–H groups in total. The van der Waals surface area contributed by atoms with Gasteiger partial charge in [-0.25, -0.2) is 0 Å². The number of amides is 1. The van der Waals surface area contributed by atoms with Gasteiger partial charge in [-0.1, -0.05) is 36.4 Å². The molecule has 150 valence electrons. The molecule has 0 unspecified atom stereocenters. The SMILES string of the molecule is CN1C[C@H](c2cccs2)[C@]2(COc3ccccc3C2=O)[C@]12C(=O)Nc1ccccc12. The van der Waals surface area contributed by atoms with E-state index in [1.54, 1.807) is 11.3 Å². The molecule has 0 radical (unpaired) electrons. The van der Waals surface area contributed by atoms with E-state index in [2.05, 4.69) is 16.3 Å². The first-order valence-corrected chi connectivity index (χ1v) is 10.9. The molecule has 1 aromatic heterocycles. The van der Waals surface area contributed by atoms with E-state index in [-0.39, 0.29) is 24.2 Å². The van der Waals surface area contributed by atoms with Crippen LogP contribution in [0, 0.1) is 5.41 Å². The van der Waals surface area contributed by atoms with E-state index in [0.29, 0.717) is 17.9 Å². The number of ether oxygens (including phenoxy) is 1. The smallest absolute Gasteiger partial charge is 0.250 e. The lowest BCUT2D eigenvalue weighted by Crippen LogP contribution is -2.62. The molecule has 3 atom stereocenters. The van der Waals surface area contributed by atoms with E-state index in [9.17, 15) is 9.59 Å². The number of likely N-dealkylation sites (tertiary alicyclic amines) is 1. The number of rotatable bonds is 1. The molecule has 0 saturated carbocycles. The summed E-state index contributed by atoms with van der Waals surface area (Å²) in [6.07, 6.45) is 0. The highest BCUT2D eigenvalue weighted by molar-refractivity contribution is 7.10. The zero-order valence-electron chi connectivity index (χ0n) is 16.4. The van der Waals surface area contributed by atoms with Gasteiger partial charge in [-0.2, -0.15) is 0 Å². The predicted octanol–water partition coefficient (Wildman–Crippen LogP) is 3.89. The molecule has 2 spiro atoms. The van der Waals surface area contributed by atoms with E-state index in [4.69, 9.17) is 4.74 Å². The van der Waals surface area contributed by atoms with Crippen LogP contribution in [0.1, 0.15) is 26.7 Å². The highest BCUT2D eigenvalue weighted by atomic mass is 32.1. The van der Waals surface area contributed by atoms with Gasteiger partial charge in [0.2, 0.25) is 0 Å². The Kier molecular flexibility index (Phi) is 3.59. The Labute approximate surface area is 178 Å². The monoisotopic (exact) mass is 416 g/mol. The topological polar surface area (TPSA) is 58.6 Å². The summed E-state index contributed by atoms with van der Waals surface area (Å²) in [4.78, 5) is 31.2. The van der Waals surface area contributed by atoms with Crippen LogP contribution < -0.4 is 10.1 Å². The summed E-state index contributed by atoms with van der Waals surface area (Å²) in [6, 6.07) is 19.2. The molecule has 1 saturated heterocycles. The van der Waals surface area contributed by atoms with Crippen LogP contribution in [0.3, 0.4) is 0 Å². The van der Waals surface area contributed by atoms with E-state index in [0.717, 1.165) is 16.1 Å². The molecular weight excluding hydrogens is 396 g/mol. The zero-order valence-corrected chi connectivity index (χ0v) is 17.2. The van der Waals surface area contributed by atoms with Crippen LogP contribution in [0.25, 0.3) is 0 Å². The molecule has 3 aliphatic heterocycles. The van der Waals surface area contributed by atoms with Crippen molar-refractivity contribution in [3.63, 3.8) is 0 Å². The fraction of sp³-hybridized carbons (Fsp3) is 0.250. The summed E-state index contributed by atoms with van der Waals surface area (Å²) in [6.45, 7) is 0.761. The zero-order chi connectivity index (χ0) is 20.5. The van der Waals surface area contributed by atoms with Gasteiger partial charge in [0, 0.05) is 28.6 Å². The van der Waals surface area contributed by atoms with Crippen molar-refractivity contribution in [1.29, 1.82) is 0 Å². The normalized spacial score (nSPS) is 29.7. The molecule has 1 fully saturated rings. The number of nitrogens with zero attached hydrogens (tertiary/aromatic N) is 1. The highest BCUT2D eigenvalue weighted by Crippen LogP contribution is 2.64. The number of hydrogen-bond acceptors (Lipinski definition) is 5.